The zero-order valence-electron chi connectivity index (χ0n) is 15.4. The van der Waals surface area contributed by atoms with E-state index in [1.165, 1.54) is 38.6 Å². The van der Waals surface area contributed by atoms with Crippen LogP contribution in [0.5, 0.6) is 0 Å². The van der Waals surface area contributed by atoms with Crippen LogP contribution in [0.15, 0.2) is 115 Å². The fourth-order valence-electron chi connectivity index (χ4n) is 3.87. The third-order valence-corrected chi connectivity index (χ3v) is 5.12. The Labute approximate surface area is 165 Å². The molecule has 0 amide bonds. The zero-order chi connectivity index (χ0) is 18.8. The summed E-state index contributed by atoms with van der Waals surface area (Å²) in [5.74, 6) is 0. The van der Waals surface area contributed by atoms with Gasteiger partial charge in [-0.2, -0.15) is 0 Å². The van der Waals surface area contributed by atoms with E-state index in [0.717, 1.165) is 5.69 Å². The molecule has 5 aromatic rings. The number of pyridine rings is 1. The summed E-state index contributed by atoms with van der Waals surface area (Å²) in [6.07, 6.45) is 1.87. The Morgan fingerprint density at radius 2 is 1.14 bits per heavy atom. The highest BCUT2D eigenvalue weighted by molar-refractivity contribution is 6.09. The van der Waals surface area contributed by atoms with E-state index in [1.54, 1.807) is 0 Å². The second kappa shape index (κ2) is 7.13. The number of aromatic nitrogens is 1. The van der Waals surface area contributed by atoms with Crippen LogP contribution in [0.4, 0.5) is 0 Å². The third-order valence-electron chi connectivity index (χ3n) is 5.12. The SMILES string of the molecule is c1ccc(-c2cc3ccccc3c(-c3ccccn3)c2-c2ccccc2)cc1. The standard InChI is InChI=1S/C27H19N/c1-3-11-20(12-4-1)24-19-22-15-7-8-16-23(22)27(25-17-9-10-18-28-25)26(24)21-13-5-2-6-14-21/h1-19H. The Kier molecular flexibility index (Phi) is 4.19. The van der Waals surface area contributed by atoms with Crippen LogP contribution in [0.1, 0.15) is 0 Å². The molecule has 0 aliphatic carbocycles. The van der Waals surface area contributed by atoms with Gasteiger partial charge in [0.05, 0.1) is 5.69 Å². The fraction of sp³-hybridized carbons (Fsp3) is 0. The van der Waals surface area contributed by atoms with Gasteiger partial charge in [-0.25, -0.2) is 0 Å². The van der Waals surface area contributed by atoms with Crippen molar-refractivity contribution >= 4 is 10.8 Å². The maximum absolute atomic E-state index is 4.72. The molecule has 0 atom stereocenters. The minimum absolute atomic E-state index is 0.996. The number of nitrogens with zero attached hydrogens (tertiary/aromatic N) is 1. The average Bonchev–Trinajstić information content (AvgIpc) is 2.79. The lowest BCUT2D eigenvalue weighted by Crippen LogP contribution is -1.94. The molecule has 28 heavy (non-hydrogen) atoms. The van der Waals surface area contributed by atoms with E-state index >= 15 is 0 Å². The molecule has 1 heterocycles. The largest absolute Gasteiger partial charge is 0.256 e. The van der Waals surface area contributed by atoms with Gasteiger partial charge >= 0.3 is 0 Å². The van der Waals surface area contributed by atoms with Crippen molar-refractivity contribution in [2.24, 2.45) is 0 Å². The van der Waals surface area contributed by atoms with Gasteiger partial charge in [-0.3, -0.25) is 4.98 Å². The summed E-state index contributed by atoms with van der Waals surface area (Å²) >= 11 is 0. The molecule has 132 valence electrons. The lowest BCUT2D eigenvalue weighted by atomic mass is 9.85. The van der Waals surface area contributed by atoms with E-state index in [1.807, 2.05) is 12.3 Å². The van der Waals surface area contributed by atoms with Crippen molar-refractivity contribution in [3.63, 3.8) is 0 Å². The van der Waals surface area contributed by atoms with Crippen LogP contribution in [0.2, 0.25) is 0 Å². The minimum Gasteiger partial charge on any atom is -0.256 e. The van der Waals surface area contributed by atoms with Gasteiger partial charge in [0.1, 0.15) is 0 Å². The molecule has 0 fully saturated rings. The molecular weight excluding hydrogens is 338 g/mol. The van der Waals surface area contributed by atoms with Gasteiger partial charge in [-0.05, 0) is 51.2 Å². The molecule has 0 aliphatic heterocycles. The Morgan fingerprint density at radius 3 is 1.86 bits per heavy atom. The molecule has 0 saturated heterocycles. The number of hydrogen-bond acceptors (Lipinski definition) is 1. The molecule has 0 spiro atoms. The van der Waals surface area contributed by atoms with Crippen molar-refractivity contribution in [2.45, 2.75) is 0 Å². The Morgan fingerprint density at radius 1 is 0.500 bits per heavy atom. The molecular formula is C27H19N. The van der Waals surface area contributed by atoms with Crippen molar-refractivity contribution in [1.29, 1.82) is 0 Å². The number of rotatable bonds is 3. The van der Waals surface area contributed by atoms with Crippen LogP contribution in [0.3, 0.4) is 0 Å². The Balaban J connectivity index is 1.97. The maximum atomic E-state index is 4.72. The van der Waals surface area contributed by atoms with E-state index in [2.05, 4.69) is 103 Å². The molecule has 1 nitrogen and oxygen atoms in total. The molecule has 5 rings (SSSR count). The van der Waals surface area contributed by atoms with Crippen molar-refractivity contribution in [1.82, 2.24) is 4.98 Å². The average molecular weight is 357 g/mol. The third kappa shape index (κ3) is 2.87. The van der Waals surface area contributed by atoms with Crippen molar-refractivity contribution in [3.8, 4) is 33.5 Å². The molecule has 0 radical (unpaired) electrons. The molecule has 4 aromatic carbocycles. The summed E-state index contributed by atoms with van der Waals surface area (Å²) in [7, 11) is 0. The van der Waals surface area contributed by atoms with Gasteiger partial charge in [-0.1, -0.05) is 91.0 Å². The molecule has 0 unspecified atom stereocenters. The molecule has 0 N–H and O–H groups in total. The van der Waals surface area contributed by atoms with E-state index in [0.29, 0.717) is 0 Å². The van der Waals surface area contributed by atoms with Gasteiger partial charge in [0.2, 0.25) is 0 Å². The number of benzene rings is 4. The highest BCUT2D eigenvalue weighted by Crippen LogP contribution is 2.43. The van der Waals surface area contributed by atoms with Crippen LogP contribution in [0.25, 0.3) is 44.3 Å². The van der Waals surface area contributed by atoms with E-state index < -0.39 is 0 Å². The lowest BCUT2D eigenvalue weighted by Gasteiger charge is -2.19. The monoisotopic (exact) mass is 357 g/mol. The number of fused-ring (bicyclic) bond motifs is 1. The van der Waals surface area contributed by atoms with Crippen LogP contribution in [-0.4, -0.2) is 4.98 Å². The summed E-state index contributed by atoms with van der Waals surface area (Å²) in [6, 6.07) is 38.3. The lowest BCUT2D eigenvalue weighted by molar-refractivity contribution is 1.33. The predicted octanol–water partition coefficient (Wildman–Crippen LogP) is 7.24. The topological polar surface area (TPSA) is 12.9 Å². The highest BCUT2D eigenvalue weighted by Gasteiger charge is 2.18. The second-order valence-corrected chi connectivity index (χ2v) is 6.84. The van der Waals surface area contributed by atoms with Gasteiger partial charge in [0.15, 0.2) is 0 Å². The van der Waals surface area contributed by atoms with Crippen molar-refractivity contribution < 1.29 is 0 Å². The first kappa shape index (κ1) is 16.5. The highest BCUT2D eigenvalue weighted by atomic mass is 14.7. The van der Waals surface area contributed by atoms with E-state index in [4.69, 9.17) is 4.98 Å². The molecule has 0 saturated carbocycles. The zero-order valence-corrected chi connectivity index (χ0v) is 15.4. The summed E-state index contributed by atoms with van der Waals surface area (Å²) in [5, 5.41) is 2.45. The van der Waals surface area contributed by atoms with Gasteiger partial charge in [0, 0.05) is 11.8 Å². The summed E-state index contributed by atoms with van der Waals surface area (Å²) < 4.78 is 0. The first-order valence-electron chi connectivity index (χ1n) is 9.50. The summed E-state index contributed by atoms with van der Waals surface area (Å²) in [6.45, 7) is 0. The van der Waals surface area contributed by atoms with Gasteiger partial charge in [-0.15, -0.1) is 0 Å². The Bertz CT molecular complexity index is 1230. The minimum atomic E-state index is 0.996. The normalized spacial score (nSPS) is 10.9. The van der Waals surface area contributed by atoms with E-state index in [9.17, 15) is 0 Å². The van der Waals surface area contributed by atoms with Crippen molar-refractivity contribution in [2.75, 3.05) is 0 Å². The van der Waals surface area contributed by atoms with Crippen molar-refractivity contribution in [3.05, 3.63) is 115 Å². The first-order chi connectivity index (χ1) is 13.9. The van der Waals surface area contributed by atoms with Crippen LogP contribution < -0.4 is 0 Å². The molecule has 0 bridgehead atoms. The summed E-state index contributed by atoms with van der Waals surface area (Å²) in [4.78, 5) is 4.72. The quantitative estimate of drug-likeness (QED) is 0.332. The predicted molar refractivity (Wildman–Crippen MR) is 118 cm³/mol. The van der Waals surface area contributed by atoms with E-state index in [-0.39, 0.29) is 0 Å². The van der Waals surface area contributed by atoms with Crippen LogP contribution >= 0.6 is 0 Å². The second-order valence-electron chi connectivity index (χ2n) is 6.84. The number of hydrogen-bond donors (Lipinski definition) is 0. The molecule has 1 aromatic heterocycles. The molecule has 1 heteroatoms. The van der Waals surface area contributed by atoms with Gasteiger partial charge < -0.3 is 0 Å². The molecule has 0 aliphatic rings. The first-order valence-corrected chi connectivity index (χ1v) is 9.50. The maximum Gasteiger partial charge on any atom is 0.0714 e. The smallest absolute Gasteiger partial charge is 0.0714 e. The fourth-order valence-corrected chi connectivity index (χ4v) is 3.87. The van der Waals surface area contributed by atoms with Crippen LogP contribution in [-0.2, 0) is 0 Å². The van der Waals surface area contributed by atoms with Gasteiger partial charge in [0.25, 0.3) is 0 Å². The summed E-state index contributed by atoms with van der Waals surface area (Å²) in [5.41, 5.74) is 7.05. The Hall–Kier alpha value is -3.71. The van der Waals surface area contributed by atoms with Crippen LogP contribution in [0, 0.1) is 0 Å².